The fraction of sp³-hybridized carbons (Fsp3) is 0.700. The van der Waals surface area contributed by atoms with Gasteiger partial charge in [0.15, 0.2) is 6.10 Å². The van der Waals surface area contributed by atoms with E-state index in [1.165, 1.54) is 25.7 Å². The Balaban J connectivity index is 4.42. The summed E-state index contributed by atoms with van der Waals surface area (Å²) in [6.07, 6.45) is 54.6. The molecule has 0 fully saturated rings. The van der Waals surface area contributed by atoms with E-state index < -0.39 is 6.10 Å². The van der Waals surface area contributed by atoms with Gasteiger partial charge < -0.3 is 14.2 Å². The van der Waals surface area contributed by atoms with Gasteiger partial charge in [0.25, 0.3) is 0 Å². The van der Waals surface area contributed by atoms with Crippen molar-refractivity contribution < 1.29 is 28.6 Å². The molecule has 0 aromatic heterocycles. The van der Waals surface area contributed by atoms with Crippen LogP contribution in [0.1, 0.15) is 207 Å². The number of hydrogen-bond donors (Lipinski definition) is 0. The molecule has 0 rings (SSSR count). The summed E-state index contributed by atoms with van der Waals surface area (Å²) in [7, 11) is 0. The van der Waals surface area contributed by atoms with E-state index in [4.69, 9.17) is 14.2 Å². The first kappa shape index (κ1) is 52.9. The minimum atomic E-state index is -0.789. The van der Waals surface area contributed by atoms with E-state index in [0.717, 1.165) is 141 Å². The zero-order valence-corrected chi connectivity index (χ0v) is 36.4. The maximum atomic E-state index is 12.7. The molecule has 56 heavy (non-hydrogen) atoms. The highest BCUT2D eigenvalue weighted by atomic mass is 16.6. The maximum absolute atomic E-state index is 12.7. The smallest absolute Gasteiger partial charge is 0.306 e. The molecule has 0 amide bonds. The summed E-state index contributed by atoms with van der Waals surface area (Å²) in [6.45, 7) is 6.26. The molecule has 6 nitrogen and oxygen atoms in total. The predicted octanol–water partition coefficient (Wildman–Crippen LogP) is 14.7. The lowest BCUT2D eigenvalue weighted by molar-refractivity contribution is -0.167. The number of carbonyl (C=O) groups is 3. The van der Waals surface area contributed by atoms with Gasteiger partial charge in [0.2, 0.25) is 0 Å². The standard InChI is InChI=1S/C50H84O6/c1-4-7-10-13-16-19-22-25-26-29-31-34-37-40-43-49(52)55-46-47(56-50(53)44-41-38-35-32-28-24-21-18-15-12-9-6-3)45-54-48(51)42-39-36-33-30-27-23-20-17-14-11-8-5-2/h7-12,16-21,47H,4-6,13-15,22-46H2,1-3H3/b10-7-,11-8-,12-9-,19-16-,20-17-,21-18-. The molecule has 0 radical (unpaired) electrons. The number of carbonyl (C=O) groups excluding carboxylic acids is 3. The summed E-state index contributed by atoms with van der Waals surface area (Å²) < 4.78 is 16.7. The van der Waals surface area contributed by atoms with Crippen molar-refractivity contribution in [3.05, 3.63) is 72.9 Å². The first-order valence-electron chi connectivity index (χ1n) is 22.9. The third kappa shape index (κ3) is 42.0. The summed E-state index contributed by atoms with van der Waals surface area (Å²) in [4.78, 5) is 37.8. The van der Waals surface area contributed by atoms with Crippen molar-refractivity contribution >= 4 is 17.9 Å². The van der Waals surface area contributed by atoms with Crippen LogP contribution in [0.25, 0.3) is 0 Å². The molecule has 320 valence electrons. The van der Waals surface area contributed by atoms with Gasteiger partial charge in [0.1, 0.15) is 13.2 Å². The first-order valence-corrected chi connectivity index (χ1v) is 22.9. The molecule has 0 N–H and O–H groups in total. The lowest BCUT2D eigenvalue weighted by atomic mass is 10.1. The molecule has 0 saturated carbocycles. The quantitative estimate of drug-likeness (QED) is 0.0267. The number of unbranched alkanes of at least 4 members (excludes halogenated alkanes) is 17. The molecule has 1 unspecified atom stereocenters. The van der Waals surface area contributed by atoms with E-state index in [1.54, 1.807) is 0 Å². The fourth-order valence-electron chi connectivity index (χ4n) is 6.08. The minimum absolute atomic E-state index is 0.0910. The molecule has 6 heteroatoms. The van der Waals surface area contributed by atoms with Crippen molar-refractivity contribution in [2.45, 2.75) is 213 Å². The second-order valence-corrected chi connectivity index (χ2v) is 14.9. The van der Waals surface area contributed by atoms with Gasteiger partial charge in [-0.15, -0.1) is 0 Å². The van der Waals surface area contributed by atoms with Gasteiger partial charge in [-0.1, -0.05) is 164 Å². The third-order valence-corrected chi connectivity index (χ3v) is 9.44. The molecule has 0 bridgehead atoms. The molecule has 0 aliphatic carbocycles. The molecule has 0 aliphatic rings. The first-order chi connectivity index (χ1) is 27.5. The fourth-order valence-corrected chi connectivity index (χ4v) is 6.08. The average molecular weight is 781 g/mol. The molecular weight excluding hydrogens is 697 g/mol. The lowest BCUT2D eigenvalue weighted by Gasteiger charge is -2.18. The highest BCUT2D eigenvalue weighted by Gasteiger charge is 2.19. The van der Waals surface area contributed by atoms with Crippen molar-refractivity contribution in [1.82, 2.24) is 0 Å². The number of rotatable bonds is 40. The molecule has 0 spiro atoms. The van der Waals surface area contributed by atoms with Crippen molar-refractivity contribution in [3.63, 3.8) is 0 Å². The second-order valence-electron chi connectivity index (χ2n) is 14.9. The second kappa shape index (κ2) is 44.6. The summed E-state index contributed by atoms with van der Waals surface area (Å²) in [5.74, 6) is -0.935. The molecule has 0 heterocycles. The third-order valence-electron chi connectivity index (χ3n) is 9.44. The van der Waals surface area contributed by atoms with Gasteiger partial charge >= 0.3 is 17.9 Å². The summed E-state index contributed by atoms with van der Waals surface area (Å²) in [5, 5.41) is 0. The van der Waals surface area contributed by atoms with Crippen molar-refractivity contribution in [1.29, 1.82) is 0 Å². The van der Waals surface area contributed by atoms with E-state index in [2.05, 4.69) is 93.7 Å². The SMILES string of the molecule is CC/C=C\C/C=C\CCCCCCCCCC(=O)OCC(COC(=O)CCCCCCC/C=C\C/C=C\CC)OC(=O)CCCCCCC/C=C\C/C=C\CC. The largest absolute Gasteiger partial charge is 0.462 e. The Morgan fingerprint density at radius 2 is 0.643 bits per heavy atom. The molecule has 0 aromatic rings. The zero-order chi connectivity index (χ0) is 40.8. The summed E-state index contributed by atoms with van der Waals surface area (Å²) in [5.41, 5.74) is 0. The zero-order valence-electron chi connectivity index (χ0n) is 36.4. The number of esters is 3. The monoisotopic (exact) mass is 781 g/mol. The van der Waals surface area contributed by atoms with Crippen LogP contribution >= 0.6 is 0 Å². The van der Waals surface area contributed by atoms with E-state index in [-0.39, 0.29) is 31.1 Å². The topological polar surface area (TPSA) is 78.9 Å². The van der Waals surface area contributed by atoms with Crippen LogP contribution in [0.2, 0.25) is 0 Å². The summed E-state index contributed by atoms with van der Waals surface area (Å²) >= 11 is 0. The highest BCUT2D eigenvalue weighted by Crippen LogP contribution is 2.13. The molecule has 0 saturated heterocycles. The highest BCUT2D eigenvalue weighted by molar-refractivity contribution is 5.71. The van der Waals surface area contributed by atoms with Gasteiger partial charge in [-0.25, -0.2) is 0 Å². The predicted molar refractivity (Wildman–Crippen MR) is 238 cm³/mol. The Morgan fingerprint density at radius 1 is 0.357 bits per heavy atom. The number of allylic oxidation sites excluding steroid dienone is 12. The Hall–Kier alpha value is -3.15. The van der Waals surface area contributed by atoms with Gasteiger partial charge in [-0.2, -0.15) is 0 Å². The van der Waals surface area contributed by atoms with Crippen LogP contribution in [0, 0.1) is 0 Å². The van der Waals surface area contributed by atoms with Crippen LogP contribution in [-0.2, 0) is 28.6 Å². The van der Waals surface area contributed by atoms with E-state index in [9.17, 15) is 14.4 Å². The lowest BCUT2D eigenvalue weighted by Crippen LogP contribution is -2.30. The molecule has 1 atom stereocenters. The van der Waals surface area contributed by atoms with Crippen LogP contribution in [0.4, 0.5) is 0 Å². The Bertz CT molecular complexity index is 1080. The van der Waals surface area contributed by atoms with Crippen LogP contribution in [0.5, 0.6) is 0 Å². The maximum Gasteiger partial charge on any atom is 0.306 e. The van der Waals surface area contributed by atoms with E-state index >= 15 is 0 Å². The Labute approximate surface area is 344 Å². The van der Waals surface area contributed by atoms with Gasteiger partial charge in [-0.05, 0) is 96.3 Å². The van der Waals surface area contributed by atoms with Crippen LogP contribution in [0.15, 0.2) is 72.9 Å². The molecule has 0 aliphatic heterocycles. The Morgan fingerprint density at radius 3 is 0.982 bits per heavy atom. The van der Waals surface area contributed by atoms with Gasteiger partial charge in [-0.3, -0.25) is 14.4 Å². The van der Waals surface area contributed by atoms with E-state index in [0.29, 0.717) is 19.3 Å². The average Bonchev–Trinajstić information content (AvgIpc) is 3.19. The van der Waals surface area contributed by atoms with Gasteiger partial charge in [0.05, 0.1) is 0 Å². The van der Waals surface area contributed by atoms with Gasteiger partial charge in [0, 0.05) is 19.3 Å². The van der Waals surface area contributed by atoms with Crippen molar-refractivity contribution in [2.75, 3.05) is 13.2 Å². The van der Waals surface area contributed by atoms with Crippen molar-refractivity contribution in [2.24, 2.45) is 0 Å². The molecule has 0 aromatic carbocycles. The van der Waals surface area contributed by atoms with Crippen molar-refractivity contribution in [3.8, 4) is 0 Å². The minimum Gasteiger partial charge on any atom is -0.462 e. The number of ether oxygens (including phenoxy) is 3. The van der Waals surface area contributed by atoms with Crippen LogP contribution in [0.3, 0.4) is 0 Å². The van der Waals surface area contributed by atoms with Crippen LogP contribution < -0.4 is 0 Å². The normalized spacial score (nSPS) is 12.7. The van der Waals surface area contributed by atoms with E-state index in [1.807, 2.05) is 0 Å². The molecular formula is C50H84O6. The number of hydrogen-bond acceptors (Lipinski definition) is 6. The summed E-state index contributed by atoms with van der Waals surface area (Å²) in [6, 6.07) is 0. The van der Waals surface area contributed by atoms with Crippen LogP contribution in [-0.4, -0.2) is 37.2 Å². The Kier molecular flexibility index (Phi) is 42.1.